The number of hydrogen-bond donors (Lipinski definition) is 2. The molecular weight excluding hydrogens is 408 g/mol. The van der Waals surface area contributed by atoms with E-state index in [-0.39, 0.29) is 29.9 Å². The lowest BCUT2D eigenvalue weighted by Gasteiger charge is -2.24. The predicted molar refractivity (Wildman–Crippen MR) is 117 cm³/mol. The molecule has 0 saturated heterocycles. The molecule has 0 bridgehead atoms. The maximum atomic E-state index is 12.6. The van der Waals surface area contributed by atoms with E-state index in [9.17, 15) is 9.90 Å². The molecule has 2 N–H and O–H groups in total. The fourth-order valence-corrected chi connectivity index (χ4v) is 3.99. The van der Waals surface area contributed by atoms with Gasteiger partial charge in [-0.1, -0.05) is 24.3 Å². The highest BCUT2D eigenvalue weighted by atomic mass is 16.5. The summed E-state index contributed by atoms with van der Waals surface area (Å²) >= 11 is 0. The lowest BCUT2D eigenvalue weighted by molar-refractivity contribution is -0.116. The summed E-state index contributed by atoms with van der Waals surface area (Å²) in [6.07, 6.45) is 1.85. The molecule has 0 fully saturated rings. The summed E-state index contributed by atoms with van der Waals surface area (Å²) < 4.78 is 6.82. The molecule has 3 heterocycles. The van der Waals surface area contributed by atoms with Gasteiger partial charge < -0.3 is 15.2 Å². The van der Waals surface area contributed by atoms with Crippen LogP contribution in [0.2, 0.25) is 0 Å². The highest BCUT2D eigenvalue weighted by Crippen LogP contribution is 2.40. The number of aromatic hydroxyl groups is 1. The second-order valence-corrected chi connectivity index (χ2v) is 7.53. The van der Waals surface area contributed by atoms with Crippen molar-refractivity contribution in [1.29, 1.82) is 0 Å². The van der Waals surface area contributed by atoms with Crippen molar-refractivity contribution < 1.29 is 14.6 Å². The normalized spacial score (nSPS) is 15.2. The van der Waals surface area contributed by atoms with E-state index in [0.717, 1.165) is 22.4 Å². The summed E-state index contributed by atoms with van der Waals surface area (Å²) in [5.74, 6) is 1.34. The van der Waals surface area contributed by atoms with Crippen LogP contribution in [0.15, 0.2) is 54.7 Å². The molecule has 9 heteroatoms. The first kappa shape index (κ1) is 19.7. The smallest absolute Gasteiger partial charge is 0.272 e. The minimum atomic E-state index is -0.192. The van der Waals surface area contributed by atoms with Crippen molar-refractivity contribution in [1.82, 2.24) is 25.0 Å². The topological polar surface area (TPSA) is 115 Å². The average molecular weight is 428 g/mol. The molecule has 32 heavy (non-hydrogen) atoms. The van der Waals surface area contributed by atoms with E-state index in [2.05, 4.69) is 25.6 Å². The second kappa shape index (κ2) is 7.77. The number of rotatable bonds is 4. The number of ether oxygens (including phenoxy) is 1. The minimum Gasteiger partial charge on any atom is -0.508 e. The van der Waals surface area contributed by atoms with Crippen LogP contribution in [0.3, 0.4) is 0 Å². The number of nitrogens with zero attached hydrogens (tertiary/aromatic N) is 5. The van der Waals surface area contributed by atoms with Crippen molar-refractivity contribution in [3.05, 3.63) is 71.5 Å². The number of methoxy groups -OCH3 is 1. The largest absolute Gasteiger partial charge is 0.508 e. The van der Waals surface area contributed by atoms with Gasteiger partial charge in [-0.25, -0.2) is 4.98 Å². The molecule has 9 nitrogen and oxygen atoms in total. The molecule has 5 rings (SSSR count). The molecule has 1 amide bonds. The summed E-state index contributed by atoms with van der Waals surface area (Å²) in [6.45, 7) is 1.89. The van der Waals surface area contributed by atoms with Crippen molar-refractivity contribution in [3.63, 3.8) is 0 Å². The molecule has 1 atom stereocenters. The van der Waals surface area contributed by atoms with E-state index in [1.165, 1.54) is 4.68 Å². The Kier molecular flexibility index (Phi) is 4.78. The van der Waals surface area contributed by atoms with Gasteiger partial charge in [0.2, 0.25) is 5.91 Å². The fraction of sp³-hybridized carbons (Fsp3) is 0.174. The number of carbonyl (C=O) groups is 1. The number of nitrogens with one attached hydrogen (secondary N) is 1. The van der Waals surface area contributed by atoms with Crippen LogP contribution in [0.25, 0.3) is 17.2 Å². The summed E-state index contributed by atoms with van der Waals surface area (Å²) in [6, 6.07) is 14.4. The zero-order valence-electron chi connectivity index (χ0n) is 17.5. The van der Waals surface area contributed by atoms with Gasteiger partial charge in [0.1, 0.15) is 17.3 Å². The highest BCUT2D eigenvalue weighted by Gasteiger charge is 2.33. The van der Waals surface area contributed by atoms with Gasteiger partial charge in [-0.3, -0.25) is 4.79 Å². The van der Waals surface area contributed by atoms with Gasteiger partial charge in [0.25, 0.3) is 5.95 Å². The lowest BCUT2D eigenvalue weighted by atomic mass is 9.86. The molecule has 4 aromatic rings. The quantitative estimate of drug-likeness (QED) is 0.513. The van der Waals surface area contributed by atoms with Gasteiger partial charge in [0.15, 0.2) is 0 Å². The van der Waals surface area contributed by atoms with E-state index < -0.39 is 0 Å². The average Bonchev–Trinajstić information content (AvgIpc) is 3.15. The zero-order chi connectivity index (χ0) is 22.2. The molecule has 160 valence electrons. The summed E-state index contributed by atoms with van der Waals surface area (Å²) in [4.78, 5) is 17.2. The SMILES string of the molecule is COc1cccc(-c2cnnc(-n3nc(C)c4c3NC(=O)CC4c3ccc(O)cc3)n2)c1. The van der Waals surface area contributed by atoms with Gasteiger partial charge in [0, 0.05) is 23.5 Å². The number of fused-ring (bicyclic) bond motifs is 1. The summed E-state index contributed by atoms with van der Waals surface area (Å²) in [5.41, 5.74) is 4.00. The van der Waals surface area contributed by atoms with Crippen LogP contribution < -0.4 is 10.1 Å². The Hall–Kier alpha value is -4.27. The molecule has 1 aliphatic heterocycles. The monoisotopic (exact) mass is 428 g/mol. The summed E-state index contributed by atoms with van der Waals surface area (Å²) in [5, 5.41) is 25.4. The fourth-order valence-electron chi connectivity index (χ4n) is 3.99. The standard InChI is InChI=1S/C23H20N6O3/c1-13-21-18(14-6-8-16(30)9-7-14)11-20(31)26-22(21)29(28-13)23-25-19(12-24-27-23)15-4-3-5-17(10-15)32-2/h3-10,12,18,30H,11H2,1-2H3,(H,26,31). The third-order valence-electron chi connectivity index (χ3n) is 5.50. The van der Waals surface area contributed by atoms with Crippen molar-refractivity contribution >= 4 is 11.7 Å². The Bertz CT molecular complexity index is 1320. The van der Waals surface area contributed by atoms with Gasteiger partial charge in [0.05, 0.1) is 24.7 Å². The van der Waals surface area contributed by atoms with E-state index in [1.54, 1.807) is 25.4 Å². The van der Waals surface area contributed by atoms with Gasteiger partial charge in [-0.15, -0.1) is 5.10 Å². The zero-order valence-corrected chi connectivity index (χ0v) is 17.5. The van der Waals surface area contributed by atoms with Crippen molar-refractivity contribution in [2.45, 2.75) is 19.3 Å². The minimum absolute atomic E-state index is 0.131. The van der Waals surface area contributed by atoms with Crippen LogP contribution in [-0.2, 0) is 4.79 Å². The van der Waals surface area contributed by atoms with Gasteiger partial charge in [-0.05, 0) is 36.8 Å². The van der Waals surface area contributed by atoms with Gasteiger partial charge >= 0.3 is 0 Å². The number of carbonyl (C=O) groups excluding carboxylic acids is 1. The molecule has 0 aliphatic carbocycles. The second-order valence-electron chi connectivity index (χ2n) is 7.53. The Morgan fingerprint density at radius 3 is 2.78 bits per heavy atom. The number of phenols is 1. The first-order valence-corrected chi connectivity index (χ1v) is 10.1. The molecule has 0 spiro atoms. The first-order valence-electron chi connectivity index (χ1n) is 10.1. The van der Waals surface area contributed by atoms with E-state index in [1.807, 2.05) is 43.3 Å². The molecule has 0 saturated carbocycles. The van der Waals surface area contributed by atoms with E-state index >= 15 is 0 Å². The van der Waals surface area contributed by atoms with Gasteiger partial charge in [-0.2, -0.15) is 14.9 Å². The van der Waals surface area contributed by atoms with Crippen LogP contribution in [0.1, 0.15) is 29.2 Å². The number of phenolic OH excluding ortho intramolecular Hbond substituents is 1. The van der Waals surface area contributed by atoms with E-state index in [0.29, 0.717) is 17.3 Å². The lowest BCUT2D eigenvalue weighted by Crippen LogP contribution is -2.25. The number of aromatic nitrogens is 5. The number of hydrogen-bond acceptors (Lipinski definition) is 7. The maximum Gasteiger partial charge on any atom is 0.272 e. The van der Waals surface area contributed by atoms with Crippen molar-refractivity contribution in [2.75, 3.05) is 12.4 Å². The number of amides is 1. The number of benzene rings is 2. The third-order valence-corrected chi connectivity index (χ3v) is 5.50. The van der Waals surface area contributed by atoms with Crippen LogP contribution >= 0.6 is 0 Å². The van der Waals surface area contributed by atoms with Crippen LogP contribution in [0, 0.1) is 6.92 Å². The molecule has 1 aliphatic rings. The van der Waals surface area contributed by atoms with Crippen LogP contribution in [0.4, 0.5) is 5.82 Å². The Balaban J connectivity index is 1.60. The van der Waals surface area contributed by atoms with Crippen LogP contribution in [-0.4, -0.2) is 43.1 Å². The Morgan fingerprint density at radius 1 is 1.19 bits per heavy atom. The Morgan fingerprint density at radius 2 is 2.00 bits per heavy atom. The summed E-state index contributed by atoms with van der Waals surface area (Å²) in [7, 11) is 1.61. The first-order chi connectivity index (χ1) is 15.5. The molecule has 2 aromatic heterocycles. The van der Waals surface area contributed by atoms with Crippen molar-refractivity contribution in [3.8, 4) is 28.7 Å². The number of anilines is 1. The van der Waals surface area contributed by atoms with E-state index in [4.69, 9.17) is 4.74 Å². The molecular formula is C23H20N6O3. The molecule has 1 unspecified atom stereocenters. The molecule has 2 aromatic carbocycles. The Labute approximate surface area is 183 Å². The third kappa shape index (κ3) is 3.43. The highest BCUT2D eigenvalue weighted by molar-refractivity contribution is 5.95. The maximum absolute atomic E-state index is 12.6. The molecule has 0 radical (unpaired) electrons. The van der Waals surface area contributed by atoms with Crippen molar-refractivity contribution in [2.24, 2.45) is 0 Å². The predicted octanol–water partition coefficient (Wildman–Crippen LogP) is 3.22. The van der Waals surface area contributed by atoms with Crippen LogP contribution in [0.5, 0.6) is 11.5 Å². The number of aryl methyl sites for hydroxylation is 1.